The highest BCUT2D eigenvalue weighted by atomic mass is 16.1. The van der Waals surface area contributed by atoms with Crippen molar-refractivity contribution >= 4 is 5.91 Å². The molecule has 1 fully saturated rings. The van der Waals surface area contributed by atoms with E-state index in [1.807, 2.05) is 6.07 Å². The van der Waals surface area contributed by atoms with Crippen LogP contribution in [-0.2, 0) is 11.3 Å². The summed E-state index contributed by atoms with van der Waals surface area (Å²) < 4.78 is 0. The molecule has 0 saturated carbocycles. The topological polar surface area (TPSA) is 58.4 Å². The van der Waals surface area contributed by atoms with Gasteiger partial charge in [0, 0.05) is 19.1 Å². The van der Waals surface area contributed by atoms with Crippen LogP contribution in [0.1, 0.15) is 38.7 Å². The van der Waals surface area contributed by atoms with E-state index in [9.17, 15) is 4.79 Å². The summed E-state index contributed by atoms with van der Waals surface area (Å²) in [4.78, 5) is 14.4. The Hall–Kier alpha value is -1.39. The molecule has 2 unspecified atom stereocenters. The first kappa shape index (κ1) is 16.0. The molecule has 1 amide bonds. The van der Waals surface area contributed by atoms with Crippen LogP contribution in [0, 0.1) is 0 Å². The molecule has 1 aromatic rings. The van der Waals surface area contributed by atoms with Gasteiger partial charge in [-0.2, -0.15) is 0 Å². The zero-order valence-corrected chi connectivity index (χ0v) is 13.1. The number of nitrogens with two attached hydrogens (primary N) is 1. The highest BCUT2D eigenvalue weighted by molar-refractivity contribution is 5.85. The summed E-state index contributed by atoms with van der Waals surface area (Å²) in [6.07, 6.45) is 2.82. The number of hydrogen-bond acceptors (Lipinski definition) is 3. The number of amides is 1. The van der Waals surface area contributed by atoms with Gasteiger partial charge in [-0.3, -0.25) is 15.0 Å². The maximum Gasteiger partial charge on any atom is 0.239 e. The zero-order valence-electron chi connectivity index (χ0n) is 13.1. The molecule has 1 heterocycles. The van der Waals surface area contributed by atoms with E-state index in [0.717, 1.165) is 32.4 Å². The molecule has 0 radical (unpaired) electrons. The number of hydrogen-bond donors (Lipinski definition) is 2. The van der Waals surface area contributed by atoms with Gasteiger partial charge < -0.3 is 5.73 Å². The van der Waals surface area contributed by atoms with Crippen molar-refractivity contribution in [3.05, 3.63) is 35.9 Å². The molecule has 2 atom stereocenters. The smallest absolute Gasteiger partial charge is 0.239 e. The number of rotatable bonds is 6. The molecule has 4 nitrogen and oxygen atoms in total. The first-order valence-electron chi connectivity index (χ1n) is 7.89. The maximum absolute atomic E-state index is 12.1. The zero-order chi connectivity index (χ0) is 15.3. The molecule has 116 valence electrons. The van der Waals surface area contributed by atoms with E-state index >= 15 is 0 Å². The third kappa shape index (κ3) is 4.05. The van der Waals surface area contributed by atoms with Crippen molar-refractivity contribution in [2.75, 3.05) is 13.1 Å². The predicted molar refractivity (Wildman–Crippen MR) is 85.8 cm³/mol. The van der Waals surface area contributed by atoms with E-state index in [1.54, 1.807) is 0 Å². The minimum absolute atomic E-state index is 0.222. The number of nitrogens with one attached hydrogen (secondary N) is 1. The molecular weight excluding hydrogens is 262 g/mol. The fraction of sp³-hybridized carbons (Fsp3) is 0.588. The fourth-order valence-corrected chi connectivity index (χ4v) is 3.08. The summed E-state index contributed by atoms with van der Waals surface area (Å²) >= 11 is 0. The standard InChI is InChI=1S/C17H27N3O/c1-3-14(2)19-17(16(18)21)10-7-11-20(13-17)12-15-8-5-4-6-9-15/h4-6,8-9,14,19H,3,7,10-13H2,1-2H3,(H2,18,21). The summed E-state index contributed by atoms with van der Waals surface area (Å²) in [7, 11) is 0. The van der Waals surface area contributed by atoms with Gasteiger partial charge in [-0.05, 0) is 38.3 Å². The Morgan fingerprint density at radius 3 is 2.76 bits per heavy atom. The quantitative estimate of drug-likeness (QED) is 0.841. The number of primary amides is 1. The second-order valence-corrected chi connectivity index (χ2v) is 6.20. The lowest BCUT2D eigenvalue weighted by molar-refractivity contribution is -0.127. The normalized spacial score (nSPS) is 24.7. The van der Waals surface area contributed by atoms with Crippen LogP contribution >= 0.6 is 0 Å². The van der Waals surface area contributed by atoms with Crippen molar-refractivity contribution in [3.8, 4) is 0 Å². The lowest BCUT2D eigenvalue weighted by atomic mass is 9.87. The van der Waals surface area contributed by atoms with Crippen LogP contribution in [0.3, 0.4) is 0 Å². The number of likely N-dealkylation sites (tertiary alicyclic amines) is 1. The fourth-order valence-electron chi connectivity index (χ4n) is 3.08. The van der Waals surface area contributed by atoms with E-state index in [1.165, 1.54) is 5.56 Å². The van der Waals surface area contributed by atoms with Gasteiger partial charge in [-0.15, -0.1) is 0 Å². The highest BCUT2D eigenvalue weighted by Gasteiger charge is 2.41. The first-order chi connectivity index (χ1) is 10.1. The molecule has 21 heavy (non-hydrogen) atoms. The molecule has 0 aromatic heterocycles. The first-order valence-corrected chi connectivity index (χ1v) is 7.89. The second kappa shape index (κ2) is 7.05. The number of benzene rings is 1. The Labute approximate surface area is 127 Å². The minimum atomic E-state index is -0.581. The van der Waals surface area contributed by atoms with E-state index in [0.29, 0.717) is 12.6 Å². The molecule has 3 N–H and O–H groups in total. The van der Waals surface area contributed by atoms with Gasteiger partial charge in [0.05, 0.1) is 0 Å². The minimum Gasteiger partial charge on any atom is -0.368 e. The van der Waals surface area contributed by atoms with Gasteiger partial charge in [-0.25, -0.2) is 0 Å². The molecule has 2 rings (SSSR count). The second-order valence-electron chi connectivity index (χ2n) is 6.20. The van der Waals surface area contributed by atoms with Crippen molar-refractivity contribution in [2.24, 2.45) is 5.73 Å². The molecule has 0 aliphatic carbocycles. The van der Waals surface area contributed by atoms with Gasteiger partial charge in [0.25, 0.3) is 0 Å². The molecule has 1 aromatic carbocycles. The Balaban J connectivity index is 2.07. The van der Waals surface area contributed by atoms with Crippen LogP contribution in [0.25, 0.3) is 0 Å². The van der Waals surface area contributed by atoms with Gasteiger partial charge in [0.15, 0.2) is 0 Å². The molecule has 1 aliphatic rings. The van der Waals surface area contributed by atoms with Gasteiger partial charge >= 0.3 is 0 Å². The maximum atomic E-state index is 12.1. The van der Waals surface area contributed by atoms with Crippen molar-refractivity contribution < 1.29 is 4.79 Å². The Kier molecular flexibility index (Phi) is 5.37. The predicted octanol–water partition coefficient (Wildman–Crippen LogP) is 1.89. The monoisotopic (exact) mass is 289 g/mol. The largest absolute Gasteiger partial charge is 0.368 e. The Morgan fingerprint density at radius 2 is 2.14 bits per heavy atom. The number of carbonyl (C=O) groups excluding carboxylic acids is 1. The van der Waals surface area contributed by atoms with Gasteiger partial charge in [-0.1, -0.05) is 37.3 Å². The lowest BCUT2D eigenvalue weighted by Gasteiger charge is -2.42. The third-order valence-corrected chi connectivity index (χ3v) is 4.43. The van der Waals surface area contributed by atoms with Gasteiger partial charge in [0.2, 0.25) is 5.91 Å². The molecule has 1 aliphatic heterocycles. The van der Waals surface area contributed by atoms with E-state index < -0.39 is 5.54 Å². The molecule has 4 heteroatoms. The van der Waals surface area contributed by atoms with E-state index in [-0.39, 0.29) is 5.91 Å². The summed E-state index contributed by atoms with van der Waals surface area (Å²) in [5, 5.41) is 3.48. The molecule has 0 spiro atoms. The molecule has 0 bridgehead atoms. The van der Waals surface area contributed by atoms with Crippen LogP contribution < -0.4 is 11.1 Å². The van der Waals surface area contributed by atoms with E-state index in [4.69, 9.17) is 5.73 Å². The van der Waals surface area contributed by atoms with Crippen LogP contribution in [0.4, 0.5) is 0 Å². The van der Waals surface area contributed by atoms with Crippen molar-refractivity contribution in [2.45, 2.75) is 51.2 Å². The molecular formula is C17H27N3O. The number of piperidine rings is 1. The summed E-state index contributed by atoms with van der Waals surface area (Å²) in [6, 6.07) is 10.7. The van der Waals surface area contributed by atoms with Gasteiger partial charge in [0.1, 0.15) is 5.54 Å². The average molecular weight is 289 g/mol. The van der Waals surface area contributed by atoms with Crippen LogP contribution in [-0.4, -0.2) is 35.5 Å². The highest BCUT2D eigenvalue weighted by Crippen LogP contribution is 2.23. The molecule has 1 saturated heterocycles. The number of carbonyl (C=O) groups is 1. The van der Waals surface area contributed by atoms with E-state index in [2.05, 4.69) is 48.3 Å². The van der Waals surface area contributed by atoms with Crippen LogP contribution in [0.5, 0.6) is 0 Å². The van der Waals surface area contributed by atoms with Crippen LogP contribution in [0.2, 0.25) is 0 Å². The lowest BCUT2D eigenvalue weighted by Crippen LogP contribution is -2.65. The average Bonchev–Trinajstić information content (AvgIpc) is 2.48. The van der Waals surface area contributed by atoms with Crippen molar-refractivity contribution in [3.63, 3.8) is 0 Å². The Morgan fingerprint density at radius 1 is 1.43 bits per heavy atom. The summed E-state index contributed by atoms with van der Waals surface area (Å²) in [6.45, 7) is 6.82. The van der Waals surface area contributed by atoms with Crippen molar-refractivity contribution in [1.29, 1.82) is 0 Å². The SMILES string of the molecule is CCC(C)NC1(C(N)=O)CCCN(Cc2ccccc2)C1. The van der Waals surface area contributed by atoms with Crippen molar-refractivity contribution in [1.82, 2.24) is 10.2 Å². The third-order valence-electron chi connectivity index (χ3n) is 4.43. The Bertz CT molecular complexity index is 462. The summed E-state index contributed by atoms with van der Waals surface area (Å²) in [5.74, 6) is -0.222. The number of nitrogens with zero attached hydrogens (tertiary/aromatic N) is 1. The summed E-state index contributed by atoms with van der Waals surface area (Å²) in [5.41, 5.74) is 6.43. The van der Waals surface area contributed by atoms with Crippen LogP contribution in [0.15, 0.2) is 30.3 Å².